The Morgan fingerprint density at radius 1 is 1.00 bits per heavy atom. The summed E-state index contributed by atoms with van der Waals surface area (Å²) in [6.45, 7) is 1.76. The van der Waals surface area contributed by atoms with Gasteiger partial charge in [-0.15, -0.1) is 5.10 Å². The lowest BCUT2D eigenvalue weighted by atomic mass is 10.1. The largest absolute Gasteiger partial charge is 0.454 e. The SMILES string of the molecule is CC(=O)c1ccc(Nc2nncc(Nc3ccc4c(c3)OCO4)n2)cc1. The second-order valence-electron chi connectivity index (χ2n) is 5.62. The van der Waals surface area contributed by atoms with Crippen molar-refractivity contribution in [3.05, 3.63) is 54.2 Å². The van der Waals surface area contributed by atoms with E-state index in [9.17, 15) is 4.79 Å². The Bertz CT molecular complexity index is 959. The molecule has 0 saturated carbocycles. The molecule has 0 saturated heterocycles. The van der Waals surface area contributed by atoms with Crippen LogP contribution in [-0.2, 0) is 0 Å². The van der Waals surface area contributed by atoms with Crippen LogP contribution in [0.2, 0.25) is 0 Å². The summed E-state index contributed by atoms with van der Waals surface area (Å²) in [5, 5.41) is 14.1. The summed E-state index contributed by atoms with van der Waals surface area (Å²) >= 11 is 0. The molecule has 0 spiro atoms. The molecule has 1 aliphatic heterocycles. The van der Waals surface area contributed by atoms with Gasteiger partial charge in [0.15, 0.2) is 23.1 Å². The van der Waals surface area contributed by atoms with Crippen LogP contribution in [0.4, 0.5) is 23.1 Å². The van der Waals surface area contributed by atoms with Crippen molar-refractivity contribution in [1.29, 1.82) is 0 Å². The predicted molar refractivity (Wildman–Crippen MR) is 95.4 cm³/mol. The number of hydrogen-bond donors (Lipinski definition) is 2. The first-order valence-electron chi connectivity index (χ1n) is 7.92. The van der Waals surface area contributed by atoms with Crippen LogP contribution >= 0.6 is 0 Å². The van der Waals surface area contributed by atoms with Crippen molar-refractivity contribution >= 4 is 28.9 Å². The summed E-state index contributed by atoms with van der Waals surface area (Å²) in [7, 11) is 0. The minimum Gasteiger partial charge on any atom is -0.454 e. The first kappa shape index (κ1) is 15.8. The zero-order valence-corrected chi connectivity index (χ0v) is 13.9. The summed E-state index contributed by atoms with van der Waals surface area (Å²) in [4.78, 5) is 15.7. The Labute approximate surface area is 149 Å². The summed E-state index contributed by atoms with van der Waals surface area (Å²) in [5.74, 6) is 2.28. The number of hydrogen-bond acceptors (Lipinski definition) is 8. The van der Waals surface area contributed by atoms with Crippen molar-refractivity contribution in [2.45, 2.75) is 6.92 Å². The van der Waals surface area contributed by atoms with E-state index in [4.69, 9.17) is 9.47 Å². The maximum absolute atomic E-state index is 11.3. The minimum absolute atomic E-state index is 0.0180. The summed E-state index contributed by atoms with van der Waals surface area (Å²) in [5.41, 5.74) is 2.20. The number of Topliss-reactive ketones (excluding diaryl/α,β-unsaturated/α-hetero) is 1. The fourth-order valence-electron chi connectivity index (χ4n) is 2.46. The molecule has 0 bridgehead atoms. The van der Waals surface area contributed by atoms with E-state index in [2.05, 4.69) is 25.8 Å². The number of carbonyl (C=O) groups excluding carboxylic acids is 1. The number of aromatic nitrogens is 3. The summed E-state index contributed by atoms with van der Waals surface area (Å²) in [6.07, 6.45) is 1.52. The van der Waals surface area contributed by atoms with Gasteiger partial charge < -0.3 is 20.1 Å². The monoisotopic (exact) mass is 349 g/mol. The lowest BCUT2D eigenvalue weighted by molar-refractivity contribution is 0.101. The van der Waals surface area contributed by atoms with Crippen molar-refractivity contribution in [1.82, 2.24) is 15.2 Å². The van der Waals surface area contributed by atoms with Crippen LogP contribution in [0, 0.1) is 0 Å². The van der Waals surface area contributed by atoms with Gasteiger partial charge in [0, 0.05) is 23.0 Å². The van der Waals surface area contributed by atoms with E-state index < -0.39 is 0 Å². The number of carbonyl (C=O) groups is 1. The van der Waals surface area contributed by atoms with Gasteiger partial charge in [-0.3, -0.25) is 4.79 Å². The molecule has 0 amide bonds. The molecule has 8 nitrogen and oxygen atoms in total. The third kappa shape index (κ3) is 3.39. The fraction of sp³-hybridized carbons (Fsp3) is 0.111. The number of nitrogens with one attached hydrogen (secondary N) is 2. The van der Waals surface area contributed by atoms with E-state index in [1.54, 1.807) is 24.3 Å². The van der Waals surface area contributed by atoms with Crippen LogP contribution in [0.3, 0.4) is 0 Å². The van der Waals surface area contributed by atoms with Crippen LogP contribution in [0.5, 0.6) is 11.5 Å². The molecular weight excluding hydrogens is 334 g/mol. The topological polar surface area (TPSA) is 98.3 Å². The van der Waals surface area contributed by atoms with E-state index in [0.29, 0.717) is 28.8 Å². The molecule has 0 aliphatic carbocycles. The standard InChI is InChI=1S/C18H15N5O3/c1-11(24)12-2-4-13(5-3-12)21-18-22-17(9-19-23-18)20-14-6-7-15-16(8-14)26-10-25-15/h2-9H,10H2,1H3,(H2,20,21,22,23). The number of benzene rings is 2. The van der Waals surface area contributed by atoms with Gasteiger partial charge in [-0.1, -0.05) is 0 Å². The molecule has 1 aliphatic rings. The Morgan fingerprint density at radius 3 is 2.58 bits per heavy atom. The van der Waals surface area contributed by atoms with Gasteiger partial charge in [-0.2, -0.15) is 10.1 Å². The molecule has 26 heavy (non-hydrogen) atoms. The van der Waals surface area contributed by atoms with E-state index in [1.807, 2.05) is 18.2 Å². The molecule has 4 rings (SSSR count). The van der Waals surface area contributed by atoms with Gasteiger partial charge in [0.05, 0.1) is 6.20 Å². The Morgan fingerprint density at radius 2 is 1.77 bits per heavy atom. The van der Waals surface area contributed by atoms with Crippen LogP contribution in [0.1, 0.15) is 17.3 Å². The quantitative estimate of drug-likeness (QED) is 0.677. The second-order valence-corrected chi connectivity index (χ2v) is 5.62. The molecule has 1 aromatic heterocycles. The van der Waals surface area contributed by atoms with Crippen LogP contribution in [0.25, 0.3) is 0 Å². The number of fused-ring (bicyclic) bond motifs is 1. The second kappa shape index (κ2) is 6.67. The lowest BCUT2D eigenvalue weighted by Crippen LogP contribution is -2.02. The third-order valence-electron chi connectivity index (χ3n) is 3.75. The molecule has 0 fully saturated rings. The maximum Gasteiger partial charge on any atom is 0.249 e. The highest BCUT2D eigenvalue weighted by molar-refractivity contribution is 5.94. The molecule has 8 heteroatoms. The molecule has 2 aromatic carbocycles. The van der Waals surface area contributed by atoms with Gasteiger partial charge in [0.2, 0.25) is 12.7 Å². The number of rotatable bonds is 5. The molecule has 130 valence electrons. The fourth-order valence-corrected chi connectivity index (χ4v) is 2.46. The Hall–Kier alpha value is -3.68. The number of ether oxygens (including phenoxy) is 2. The lowest BCUT2D eigenvalue weighted by Gasteiger charge is -2.08. The number of nitrogens with zero attached hydrogens (tertiary/aromatic N) is 3. The van der Waals surface area contributed by atoms with Gasteiger partial charge in [-0.25, -0.2) is 0 Å². The van der Waals surface area contributed by atoms with Crippen molar-refractivity contribution in [2.75, 3.05) is 17.4 Å². The van der Waals surface area contributed by atoms with Crippen molar-refractivity contribution < 1.29 is 14.3 Å². The zero-order chi connectivity index (χ0) is 17.9. The molecule has 3 aromatic rings. The molecule has 0 atom stereocenters. The maximum atomic E-state index is 11.3. The highest BCUT2D eigenvalue weighted by atomic mass is 16.7. The number of ketones is 1. The average molecular weight is 349 g/mol. The smallest absolute Gasteiger partial charge is 0.249 e. The molecular formula is C18H15N5O3. The minimum atomic E-state index is 0.0180. The van der Waals surface area contributed by atoms with Gasteiger partial charge in [0.25, 0.3) is 0 Å². The van der Waals surface area contributed by atoms with Gasteiger partial charge in [-0.05, 0) is 43.3 Å². The highest BCUT2D eigenvalue weighted by Crippen LogP contribution is 2.34. The number of anilines is 4. The van der Waals surface area contributed by atoms with Crippen LogP contribution in [0.15, 0.2) is 48.7 Å². The van der Waals surface area contributed by atoms with E-state index in [-0.39, 0.29) is 12.6 Å². The molecule has 2 heterocycles. The molecule has 0 radical (unpaired) electrons. The molecule has 2 N–H and O–H groups in total. The Balaban J connectivity index is 1.48. The van der Waals surface area contributed by atoms with Gasteiger partial charge in [0.1, 0.15) is 0 Å². The van der Waals surface area contributed by atoms with Crippen LogP contribution < -0.4 is 20.1 Å². The van der Waals surface area contributed by atoms with Crippen LogP contribution in [-0.4, -0.2) is 27.8 Å². The summed E-state index contributed by atoms with van der Waals surface area (Å²) < 4.78 is 10.7. The first-order valence-corrected chi connectivity index (χ1v) is 7.92. The van der Waals surface area contributed by atoms with Gasteiger partial charge >= 0.3 is 0 Å². The van der Waals surface area contributed by atoms with E-state index >= 15 is 0 Å². The predicted octanol–water partition coefficient (Wildman–Crippen LogP) is 3.29. The zero-order valence-electron chi connectivity index (χ0n) is 13.9. The highest BCUT2D eigenvalue weighted by Gasteiger charge is 2.13. The van der Waals surface area contributed by atoms with Crippen molar-refractivity contribution in [3.63, 3.8) is 0 Å². The average Bonchev–Trinajstić information content (AvgIpc) is 3.10. The van der Waals surface area contributed by atoms with Crippen molar-refractivity contribution in [2.24, 2.45) is 0 Å². The Kier molecular flexibility index (Phi) is 4.06. The van der Waals surface area contributed by atoms with E-state index in [0.717, 1.165) is 11.4 Å². The third-order valence-corrected chi connectivity index (χ3v) is 3.75. The van der Waals surface area contributed by atoms with Crippen molar-refractivity contribution in [3.8, 4) is 11.5 Å². The molecule has 0 unspecified atom stereocenters. The van der Waals surface area contributed by atoms with E-state index in [1.165, 1.54) is 13.1 Å². The summed E-state index contributed by atoms with van der Waals surface area (Å²) in [6, 6.07) is 12.6. The first-order chi connectivity index (χ1) is 12.7. The normalized spacial score (nSPS) is 11.9.